The summed E-state index contributed by atoms with van der Waals surface area (Å²) in [6.07, 6.45) is 1.77. The van der Waals surface area contributed by atoms with E-state index >= 15 is 0 Å². The van der Waals surface area contributed by atoms with Crippen LogP contribution in [0, 0.1) is 17.6 Å². The molecule has 1 aromatic carbocycles. The minimum atomic E-state index is -0.440. The van der Waals surface area contributed by atoms with E-state index in [1.54, 1.807) is 0 Å². The number of carbonyl (C=O) groups is 1. The van der Waals surface area contributed by atoms with Crippen molar-refractivity contribution >= 4 is 11.6 Å². The lowest BCUT2D eigenvalue weighted by atomic mass is 9.96. The Labute approximate surface area is 129 Å². The predicted molar refractivity (Wildman–Crippen MR) is 80.7 cm³/mol. The fourth-order valence-electron chi connectivity index (χ4n) is 3.22. The van der Waals surface area contributed by atoms with Crippen molar-refractivity contribution in [2.24, 2.45) is 5.92 Å². The van der Waals surface area contributed by atoms with Gasteiger partial charge in [-0.25, -0.2) is 8.78 Å². The molecule has 0 aliphatic carbocycles. The van der Waals surface area contributed by atoms with Gasteiger partial charge in [-0.3, -0.25) is 4.79 Å². The van der Waals surface area contributed by atoms with Gasteiger partial charge in [0.25, 0.3) is 0 Å². The zero-order valence-corrected chi connectivity index (χ0v) is 12.5. The lowest BCUT2D eigenvalue weighted by Crippen LogP contribution is -2.51. The van der Waals surface area contributed by atoms with Gasteiger partial charge in [-0.1, -0.05) is 0 Å². The molecule has 0 aromatic heterocycles. The molecule has 3 rings (SSSR count). The van der Waals surface area contributed by atoms with Gasteiger partial charge in [-0.15, -0.1) is 0 Å². The number of halogens is 2. The molecule has 1 N–H and O–H groups in total. The molecule has 2 saturated heterocycles. The highest BCUT2D eigenvalue weighted by Crippen LogP contribution is 2.23. The Kier molecular flexibility index (Phi) is 4.57. The van der Waals surface area contributed by atoms with Crippen LogP contribution in [0.3, 0.4) is 0 Å². The Morgan fingerprint density at radius 3 is 2.45 bits per heavy atom. The molecule has 0 radical (unpaired) electrons. The minimum Gasteiger partial charge on any atom is -0.366 e. The largest absolute Gasteiger partial charge is 0.366 e. The SMILES string of the molecule is O=C(C1CCNCC1)N1CCN(c2cc(F)ccc2F)CC1. The first-order chi connectivity index (χ1) is 10.6. The van der Waals surface area contributed by atoms with Crippen LogP contribution in [-0.2, 0) is 4.79 Å². The summed E-state index contributed by atoms with van der Waals surface area (Å²) in [4.78, 5) is 16.1. The summed E-state index contributed by atoms with van der Waals surface area (Å²) < 4.78 is 27.1. The molecular weight excluding hydrogens is 288 g/mol. The van der Waals surface area contributed by atoms with Crippen LogP contribution >= 0.6 is 0 Å². The van der Waals surface area contributed by atoms with Crippen molar-refractivity contribution in [3.63, 3.8) is 0 Å². The lowest BCUT2D eigenvalue weighted by Gasteiger charge is -2.38. The molecule has 0 atom stereocenters. The number of benzene rings is 1. The molecule has 2 aliphatic rings. The summed E-state index contributed by atoms with van der Waals surface area (Å²) in [6.45, 7) is 4.00. The van der Waals surface area contributed by atoms with E-state index in [1.807, 2.05) is 9.80 Å². The summed E-state index contributed by atoms with van der Waals surface area (Å²) in [5.74, 6) is -0.538. The average Bonchev–Trinajstić information content (AvgIpc) is 2.57. The molecule has 0 unspecified atom stereocenters. The predicted octanol–water partition coefficient (Wildman–Crippen LogP) is 1.61. The van der Waals surface area contributed by atoms with Crippen LogP contribution in [0.4, 0.5) is 14.5 Å². The van der Waals surface area contributed by atoms with Crippen molar-refractivity contribution in [1.82, 2.24) is 10.2 Å². The molecule has 0 spiro atoms. The highest BCUT2D eigenvalue weighted by Gasteiger charge is 2.29. The normalized spacial score (nSPS) is 20.3. The Morgan fingerprint density at radius 2 is 1.77 bits per heavy atom. The lowest BCUT2D eigenvalue weighted by molar-refractivity contribution is -0.136. The monoisotopic (exact) mass is 309 g/mol. The standard InChI is InChI=1S/C16H21F2N3O/c17-13-1-2-14(18)15(11-13)20-7-9-21(10-8-20)16(22)12-3-5-19-6-4-12/h1-2,11-12,19H,3-10H2. The van der Waals surface area contributed by atoms with Gasteiger partial charge < -0.3 is 15.1 Å². The molecule has 2 fully saturated rings. The average molecular weight is 309 g/mol. The topological polar surface area (TPSA) is 35.6 Å². The van der Waals surface area contributed by atoms with Gasteiger partial charge >= 0.3 is 0 Å². The maximum Gasteiger partial charge on any atom is 0.225 e. The Hall–Kier alpha value is -1.69. The number of amides is 1. The third kappa shape index (κ3) is 3.21. The third-order valence-electron chi connectivity index (χ3n) is 4.53. The van der Waals surface area contributed by atoms with Crippen molar-refractivity contribution in [2.45, 2.75) is 12.8 Å². The number of hydrogen-bond acceptors (Lipinski definition) is 3. The van der Waals surface area contributed by atoms with Crippen LogP contribution in [0.2, 0.25) is 0 Å². The van der Waals surface area contributed by atoms with Crippen LogP contribution in [0.5, 0.6) is 0 Å². The van der Waals surface area contributed by atoms with E-state index in [-0.39, 0.29) is 17.5 Å². The van der Waals surface area contributed by atoms with Crippen LogP contribution in [0.15, 0.2) is 18.2 Å². The van der Waals surface area contributed by atoms with Gasteiger partial charge in [0.15, 0.2) is 0 Å². The van der Waals surface area contributed by atoms with Crippen molar-refractivity contribution in [2.75, 3.05) is 44.2 Å². The third-order valence-corrected chi connectivity index (χ3v) is 4.53. The van der Waals surface area contributed by atoms with Crippen LogP contribution in [-0.4, -0.2) is 50.1 Å². The van der Waals surface area contributed by atoms with Crippen LogP contribution in [0.1, 0.15) is 12.8 Å². The van der Waals surface area contributed by atoms with Crippen LogP contribution in [0.25, 0.3) is 0 Å². The van der Waals surface area contributed by atoms with E-state index in [4.69, 9.17) is 0 Å². The first-order valence-corrected chi connectivity index (χ1v) is 7.84. The molecule has 0 bridgehead atoms. The Bertz CT molecular complexity index is 538. The quantitative estimate of drug-likeness (QED) is 0.901. The number of nitrogens with one attached hydrogen (secondary N) is 1. The smallest absolute Gasteiger partial charge is 0.225 e. The second kappa shape index (κ2) is 6.60. The molecule has 2 heterocycles. The number of piperazine rings is 1. The number of nitrogens with zero attached hydrogens (tertiary/aromatic N) is 2. The molecule has 0 saturated carbocycles. The van der Waals surface area contributed by atoms with Gasteiger partial charge in [0, 0.05) is 38.2 Å². The van der Waals surface area contributed by atoms with E-state index in [2.05, 4.69) is 5.32 Å². The second-order valence-corrected chi connectivity index (χ2v) is 5.93. The van der Waals surface area contributed by atoms with E-state index < -0.39 is 11.6 Å². The second-order valence-electron chi connectivity index (χ2n) is 5.93. The number of piperidine rings is 1. The maximum atomic E-state index is 13.8. The number of hydrogen-bond donors (Lipinski definition) is 1. The summed E-state index contributed by atoms with van der Waals surface area (Å²) >= 11 is 0. The number of rotatable bonds is 2. The molecule has 120 valence electrons. The molecule has 22 heavy (non-hydrogen) atoms. The van der Waals surface area contributed by atoms with Crippen molar-refractivity contribution < 1.29 is 13.6 Å². The van der Waals surface area contributed by atoms with Crippen molar-refractivity contribution in [1.29, 1.82) is 0 Å². The minimum absolute atomic E-state index is 0.110. The zero-order valence-electron chi connectivity index (χ0n) is 12.5. The van der Waals surface area contributed by atoms with Gasteiger partial charge in [-0.05, 0) is 38.1 Å². The zero-order chi connectivity index (χ0) is 15.5. The highest BCUT2D eigenvalue weighted by atomic mass is 19.1. The van der Waals surface area contributed by atoms with Gasteiger partial charge in [-0.2, -0.15) is 0 Å². The van der Waals surface area contributed by atoms with E-state index in [0.29, 0.717) is 26.2 Å². The molecule has 1 amide bonds. The maximum absolute atomic E-state index is 13.8. The number of anilines is 1. The van der Waals surface area contributed by atoms with Gasteiger partial charge in [0.05, 0.1) is 5.69 Å². The Morgan fingerprint density at radius 1 is 1.09 bits per heavy atom. The molecule has 1 aromatic rings. The Balaban J connectivity index is 1.60. The van der Waals surface area contributed by atoms with E-state index in [1.165, 1.54) is 6.07 Å². The summed E-state index contributed by atoms with van der Waals surface area (Å²) in [5, 5.41) is 3.26. The van der Waals surface area contributed by atoms with E-state index in [0.717, 1.165) is 38.1 Å². The molecule has 2 aliphatic heterocycles. The van der Waals surface area contributed by atoms with Gasteiger partial charge in [0.1, 0.15) is 11.6 Å². The molecule has 4 nitrogen and oxygen atoms in total. The summed E-state index contributed by atoms with van der Waals surface area (Å²) in [6, 6.07) is 3.49. The summed E-state index contributed by atoms with van der Waals surface area (Å²) in [5.41, 5.74) is 0.286. The van der Waals surface area contributed by atoms with Crippen LogP contribution < -0.4 is 10.2 Å². The first kappa shape index (κ1) is 15.2. The van der Waals surface area contributed by atoms with Gasteiger partial charge in [0.2, 0.25) is 5.91 Å². The fraction of sp³-hybridized carbons (Fsp3) is 0.562. The highest BCUT2D eigenvalue weighted by molar-refractivity contribution is 5.79. The number of carbonyl (C=O) groups excluding carboxylic acids is 1. The molecule has 6 heteroatoms. The first-order valence-electron chi connectivity index (χ1n) is 7.84. The van der Waals surface area contributed by atoms with Crippen molar-refractivity contribution in [3.8, 4) is 0 Å². The molecular formula is C16H21F2N3O. The summed E-state index contributed by atoms with van der Waals surface area (Å²) in [7, 11) is 0. The van der Waals surface area contributed by atoms with Crippen molar-refractivity contribution in [3.05, 3.63) is 29.8 Å². The van der Waals surface area contributed by atoms with E-state index in [9.17, 15) is 13.6 Å². The fourth-order valence-corrected chi connectivity index (χ4v) is 3.22.